The number of pyridine rings is 1. The Morgan fingerprint density at radius 2 is 2.18 bits per heavy atom. The molecule has 17 heavy (non-hydrogen) atoms. The first-order chi connectivity index (χ1) is 8.31. The van der Waals surface area contributed by atoms with E-state index in [1.165, 1.54) is 0 Å². The van der Waals surface area contributed by atoms with Crippen molar-refractivity contribution in [3.8, 4) is 11.5 Å². The van der Waals surface area contributed by atoms with Gasteiger partial charge in [0.1, 0.15) is 11.3 Å². The molecule has 0 saturated carbocycles. The number of nitrogens with zero attached hydrogens (tertiary/aromatic N) is 2. The van der Waals surface area contributed by atoms with E-state index < -0.39 is 0 Å². The van der Waals surface area contributed by atoms with E-state index in [0.717, 1.165) is 10.3 Å². The molecular formula is C12H9BrN2O2. The molecule has 0 atom stereocenters. The van der Waals surface area contributed by atoms with Crippen molar-refractivity contribution in [2.75, 3.05) is 0 Å². The SMILES string of the molecule is OCc1c(-c2ccco2)nc2cccc(Br)n12. The van der Waals surface area contributed by atoms with E-state index in [1.807, 2.05) is 28.7 Å². The van der Waals surface area contributed by atoms with Crippen molar-refractivity contribution < 1.29 is 9.52 Å². The van der Waals surface area contributed by atoms with E-state index in [4.69, 9.17) is 4.42 Å². The van der Waals surface area contributed by atoms with Crippen molar-refractivity contribution in [1.29, 1.82) is 0 Å². The molecule has 0 aliphatic heterocycles. The van der Waals surface area contributed by atoms with Gasteiger partial charge in [0.05, 0.1) is 23.2 Å². The maximum atomic E-state index is 9.51. The fourth-order valence-electron chi connectivity index (χ4n) is 1.87. The van der Waals surface area contributed by atoms with Crippen molar-refractivity contribution in [3.63, 3.8) is 0 Å². The summed E-state index contributed by atoms with van der Waals surface area (Å²) in [5.74, 6) is 0.657. The molecule has 3 aromatic rings. The molecule has 0 saturated heterocycles. The van der Waals surface area contributed by atoms with Gasteiger partial charge in [0.25, 0.3) is 0 Å². The largest absolute Gasteiger partial charge is 0.463 e. The Morgan fingerprint density at radius 1 is 1.29 bits per heavy atom. The summed E-state index contributed by atoms with van der Waals surface area (Å²) in [7, 11) is 0. The summed E-state index contributed by atoms with van der Waals surface area (Å²) < 4.78 is 8.04. The molecule has 0 fully saturated rings. The second-order valence-corrected chi connectivity index (χ2v) is 4.40. The molecule has 0 amide bonds. The molecular weight excluding hydrogens is 284 g/mol. The van der Waals surface area contributed by atoms with Crippen molar-refractivity contribution in [3.05, 3.63) is 46.9 Å². The molecule has 3 heterocycles. The van der Waals surface area contributed by atoms with Gasteiger partial charge in [-0.2, -0.15) is 0 Å². The molecule has 0 aromatic carbocycles. The van der Waals surface area contributed by atoms with Gasteiger partial charge in [-0.15, -0.1) is 0 Å². The zero-order valence-corrected chi connectivity index (χ0v) is 10.4. The van der Waals surface area contributed by atoms with Crippen molar-refractivity contribution >= 4 is 21.6 Å². The third-order valence-corrected chi connectivity index (χ3v) is 3.21. The normalized spacial score (nSPS) is 11.2. The highest BCUT2D eigenvalue weighted by Crippen LogP contribution is 2.27. The standard InChI is InChI=1S/C12H9BrN2O2/c13-10-4-1-5-11-14-12(8(7-16)15(10)11)9-3-2-6-17-9/h1-6,16H,7H2. The van der Waals surface area contributed by atoms with Crippen LogP contribution in [0.2, 0.25) is 0 Å². The molecule has 4 nitrogen and oxygen atoms in total. The average molecular weight is 293 g/mol. The minimum Gasteiger partial charge on any atom is -0.463 e. The van der Waals surface area contributed by atoms with Gasteiger partial charge in [-0.05, 0) is 40.2 Å². The minimum absolute atomic E-state index is 0.0974. The number of imidazole rings is 1. The smallest absolute Gasteiger partial charge is 0.154 e. The number of halogens is 1. The number of fused-ring (bicyclic) bond motifs is 1. The third-order valence-electron chi connectivity index (χ3n) is 2.60. The number of aliphatic hydroxyl groups excluding tert-OH is 1. The lowest BCUT2D eigenvalue weighted by Crippen LogP contribution is -1.95. The third kappa shape index (κ3) is 1.59. The van der Waals surface area contributed by atoms with Crippen LogP contribution in [0.25, 0.3) is 17.1 Å². The van der Waals surface area contributed by atoms with Crippen LogP contribution >= 0.6 is 15.9 Å². The van der Waals surface area contributed by atoms with Gasteiger partial charge in [-0.1, -0.05) is 6.07 Å². The summed E-state index contributed by atoms with van der Waals surface area (Å²) in [6.07, 6.45) is 1.59. The van der Waals surface area contributed by atoms with Crippen LogP contribution in [-0.4, -0.2) is 14.5 Å². The van der Waals surface area contributed by atoms with E-state index in [2.05, 4.69) is 20.9 Å². The van der Waals surface area contributed by atoms with Gasteiger partial charge in [0.2, 0.25) is 0 Å². The van der Waals surface area contributed by atoms with Gasteiger partial charge in [0, 0.05) is 0 Å². The number of hydrogen-bond donors (Lipinski definition) is 1. The Balaban J connectivity index is 2.37. The Hall–Kier alpha value is -1.59. The highest BCUT2D eigenvalue weighted by atomic mass is 79.9. The fraction of sp³-hybridized carbons (Fsp3) is 0.0833. The molecule has 0 aliphatic carbocycles. The second kappa shape index (κ2) is 4.01. The first-order valence-corrected chi connectivity index (χ1v) is 5.91. The van der Waals surface area contributed by atoms with E-state index in [-0.39, 0.29) is 6.61 Å². The zero-order chi connectivity index (χ0) is 11.8. The van der Waals surface area contributed by atoms with Crippen molar-refractivity contribution in [1.82, 2.24) is 9.38 Å². The van der Waals surface area contributed by atoms with Crippen LogP contribution in [0.5, 0.6) is 0 Å². The Kier molecular flexibility index (Phi) is 2.49. The van der Waals surface area contributed by atoms with E-state index in [9.17, 15) is 5.11 Å². The predicted octanol–water partition coefficient (Wildman–Crippen LogP) is 2.85. The maximum absolute atomic E-state index is 9.51. The highest BCUT2D eigenvalue weighted by molar-refractivity contribution is 9.10. The molecule has 3 rings (SSSR count). The maximum Gasteiger partial charge on any atom is 0.154 e. The molecule has 5 heteroatoms. The molecule has 1 N–H and O–H groups in total. The van der Waals surface area contributed by atoms with Crippen molar-refractivity contribution in [2.45, 2.75) is 6.61 Å². The van der Waals surface area contributed by atoms with Crippen LogP contribution < -0.4 is 0 Å². The predicted molar refractivity (Wildman–Crippen MR) is 66.5 cm³/mol. The summed E-state index contributed by atoms with van der Waals surface area (Å²) in [6, 6.07) is 9.32. The minimum atomic E-state index is -0.0974. The molecule has 0 bridgehead atoms. The quantitative estimate of drug-likeness (QED) is 0.739. The van der Waals surface area contributed by atoms with Crippen LogP contribution in [0.4, 0.5) is 0 Å². The number of furan rings is 1. The highest BCUT2D eigenvalue weighted by Gasteiger charge is 2.16. The van der Waals surface area contributed by atoms with Crippen molar-refractivity contribution in [2.24, 2.45) is 0 Å². The van der Waals surface area contributed by atoms with Gasteiger partial charge in [-0.25, -0.2) is 4.98 Å². The summed E-state index contributed by atoms with van der Waals surface area (Å²) in [6.45, 7) is -0.0974. The molecule has 0 radical (unpaired) electrons. The molecule has 0 unspecified atom stereocenters. The molecule has 3 aromatic heterocycles. The lowest BCUT2D eigenvalue weighted by Gasteiger charge is -2.01. The van der Waals surface area contributed by atoms with Crippen LogP contribution in [0, 0.1) is 0 Å². The molecule has 86 valence electrons. The lowest BCUT2D eigenvalue weighted by molar-refractivity contribution is 0.276. The summed E-state index contributed by atoms with van der Waals surface area (Å²) >= 11 is 3.45. The lowest BCUT2D eigenvalue weighted by atomic mass is 10.2. The molecule has 0 spiro atoms. The van der Waals surface area contributed by atoms with Crippen LogP contribution in [-0.2, 0) is 6.61 Å². The Morgan fingerprint density at radius 3 is 2.88 bits per heavy atom. The number of hydrogen-bond acceptors (Lipinski definition) is 3. The fourth-order valence-corrected chi connectivity index (χ4v) is 2.42. The van der Waals surface area contributed by atoms with Crippen LogP contribution in [0.3, 0.4) is 0 Å². The van der Waals surface area contributed by atoms with E-state index >= 15 is 0 Å². The summed E-state index contributed by atoms with van der Waals surface area (Å²) in [5, 5.41) is 9.51. The summed E-state index contributed by atoms with van der Waals surface area (Å²) in [5.41, 5.74) is 2.15. The average Bonchev–Trinajstić information content (AvgIpc) is 2.95. The summed E-state index contributed by atoms with van der Waals surface area (Å²) in [4.78, 5) is 4.47. The van der Waals surface area contributed by atoms with Crippen LogP contribution in [0.15, 0.2) is 45.6 Å². The number of aromatic nitrogens is 2. The van der Waals surface area contributed by atoms with Gasteiger partial charge < -0.3 is 9.52 Å². The monoisotopic (exact) mass is 292 g/mol. The topological polar surface area (TPSA) is 50.7 Å². The van der Waals surface area contributed by atoms with E-state index in [1.54, 1.807) is 12.3 Å². The number of aliphatic hydroxyl groups is 1. The van der Waals surface area contributed by atoms with Gasteiger partial charge in [-0.3, -0.25) is 4.40 Å². The zero-order valence-electron chi connectivity index (χ0n) is 8.80. The Bertz CT molecular complexity index is 659. The van der Waals surface area contributed by atoms with Gasteiger partial charge >= 0.3 is 0 Å². The van der Waals surface area contributed by atoms with Gasteiger partial charge in [0.15, 0.2) is 5.76 Å². The molecule has 0 aliphatic rings. The Labute approximate surface area is 106 Å². The second-order valence-electron chi connectivity index (χ2n) is 3.58. The van der Waals surface area contributed by atoms with E-state index in [0.29, 0.717) is 17.1 Å². The van der Waals surface area contributed by atoms with Crippen LogP contribution in [0.1, 0.15) is 5.69 Å². The number of rotatable bonds is 2. The first kappa shape index (κ1) is 10.6. The first-order valence-electron chi connectivity index (χ1n) is 5.12.